The lowest BCUT2D eigenvalue weighted by atomic mass is 10.1. The van der Waals surface area contributed by atoms with Gasteiger partial charge in [0.2, 0.25) is 5.78 Å². The number of hydrogen-bond acceptors (Lipinski definition) is 4. The van der Waals surface area contributed by atoms with E-state index < -0.39 is 12.1 Å². The molecule has 0 aliphatic heterocycles. The van der Waals surface area contributed by atoms with Gasteiger partial charge in [0.05, 0.1) is 5.02 Å². The Kier molecular flexibility index (Phi) is 4.90. The molecule has 0 spiro atoms. The highest BCUT2D eigenvalue weighted by Crippen LogP contribution is 2.35. The van der Waals surface area contributed by atoms with Crippen LogP contribution in [0.3, 0.4) is 0 Å². The van der Waals surface area contributed by atoms with Crippen molar-refractivity contribution in [2.24, 2.45) is 0 Å². The number of hydrogen-bond donors (Lipinski definition) is 0. The van der Waals surface area contributed by atoms with Gasteiger partial charge in [-0.25, -0.2) is 4.79 Å². The molecule has 3 rings (SSSR count). The van der Waals surface area contributed by atoms with Crippen molar-refractivity contribution < 1.29 is 14.3 Å². The molecule has 0 aliphatic rings. The van der Waals surface area contributed by atoms with Gasteiger partial charge < -0.3 is 4.74 Å². The summed E-state index contributed by atoms with van der Waals surface area (Å²) in [5.41, 5.74) is 0.394. The van der Waals surface area contributed by atoms with Crippen molar-refractivity contribution in [3.63, 3.8) is 0 Å². The van der Waals surface area contributed by atoms with Gasteiger partial charge in [-0.3, -0.25) is 4.79 Å². The molecule has 0 radical (unpaired) electrons. The van der Waals surface area contributed by atoms with Crippen molar-refractivity contribution >= 4 is 56.4 Å². The fourth-order valence-electron chi connectivity index (χ4n) is 2.29. The Morgan fingerprint density at radius 3 is 2.54 bits per heavy atom. The van der Waals surface area contributed by atoms with E-state index in [9.17, 15) is 9.59 Å². The summed E-state index contributed by atoms with van der Waals surface area (Å²) >= 11 is 13.4. The van der Waals surface area contributed by atoms with Crippen LogP contribution in [0, 0.1) is 0 Å². The van der Waals surface area contributed by atoms with Crippen molar-refractivity contribution in [3.8, 4) is 0 Å². The van der Waals surface area contributed by atoms with Gasteiger partial charge >= 0.3 is 5.97 Å². The lowest BCUT2D eigenvalue weighted by Crippen LogP contribution is -2.24. The number of esters is 1. The van der Waals surface area contributed by atoms with E-state index in [1.54, 1.807) is 24.3 Å². The molecule has 0 amide bonds. The summed E-state index contributed by atoms with van der Waals surface area (Å²) in [4.78, 5) is 25.0. The minimum Gasteiger partial charge on any atom is -0.450 e. The summed E-state index contributed by atoms with van der Waals surface area (Å²) in [6.07, 6.45) is -0.933. The summed E-state index contributed by atoms with van der Waals surface area (Å²) in [7, 11) is 0. The van der Waals surface area contributed by atoms with E-state index in [1.807, 2.05) is 24.3 Å². The molecule has 6 heteroatoms. The van der Waals surface area contributed by atoms with E-state index >= 15 is 0 Å². The van der Waals surface area contributed by atoms with Gasteiger partial charge in [0.15, 0.2) is 6.10 Å². The SMILES string of the molecule is CC(OC(=O)c1sc2ccccc2c1Cl)C(=O)c1cccc(Cl)c1. The van der Waals surface area contributed by atoms with Crippen molar-refractivity contribution in [1.29, 1.82) is 0 Å². The molecule has 0 saturated heterocycles. The van der Waals surface area contributed by atoms with E-state index in [1.165, 1.54) is 18.3 Å². The molecular weight excluding hydrogens is 367 g/mol. The summed E-state index contributed by atoms with van der Waals surface area (Å²) in [6, 6.07) is 14.0. The van der Waals surface area contributed by atoms with E-state index in [4.69, 9.17) is 27.9 Å². The molecule has 3 nitrogen and oxygen atoms in total. The number of carbonyl (C=O) groups excluding carboxylic acids is 2. The van der Waals surface area contributed by atoms with Crippen molar-refractivity contribution in [2.45, 2.75) is 13.0 Å². The van der Waals surface area contributed by atoms with Gasteiger partial charge in [-0.2, -0.15) is 0 Å². The average Bonchev–Trinajstić information content (AvgIpc) is 2.91. The predicted octanol–water partition coefficient (Wildman–Crippen LogP) is 5.64. The fraction of sp³-hybridized carbons (Fsp3) is 0.111. The van der Waals surface area contributed by atoms with Gasteiger partial charge in [-0.05, 0) is 25.1 Å². The summed E-state index contributed by atoms with van der Waals surface area (Å²) in [5.74, 6) is -0.924. The largest absolute Gasteiger partial charge is 0.450 e. The monoisotopic (exact) mass is 378 g/mol. The van der Waals surface area contributed by atoms with Crippen LogP contribution in [0.5, 0.6) is 0 Å². The Balaban J connectivity index is 1.80. The molecule has 0 aliphatic carbocycles. The first kappa shape index (κ1) is 17.0. The summed E-state index contributed by atoms with van der Waals surface area (Å²) in [5, 5.41) is 1.60. The number of Topliss-reactive ketones (excluding diaryl/α,β-unsaturated/α-hetero) is 1. The lowest BCUT2D eigenvalue weighted by Gasteiger charge is -2.12. The number of ketones is 1. The quantitative estimate of drug-likeness (QED) is 0.436. The second-order valence-electron chi connectivity index (χ2n) is 5.16. The van der Waals surface area contributed by atoms with Crippen LogP contribution in [0.1, 0.15) is 27.0 Å². The molecule has 122 valence electrons. The molecule has 0 fully saturated rings. The van der Waals surface area contributed by atoms with Crippen LogP contribution < -0.4 is 0 Å². The Hall–Kier alpha value is -1.88. The van der Waals surface area contributed by atoms with Crippen LogP contribution in [0.25, 0.3) is 10.1 Å². The standard InChI is InChI=1S/C18H12Cl2O3S/c1-10(16(21)11-5-4-6-12(19)9-11)23-18(22)17-15(20)13-7-2-3-8-14(13)24-17/h2-10H,1H3. The number of carbonyl (C=O) groups is 2. The third kappa shape index (κ3) is 3.31. The Bertz CT molecular complexity index is 933. The zero-order valence-electron chi connectivity index (χ0n) is 12.6. The van der Waals surface area contributed by atoms with Crippen LogP contribution >= 0.6 is 34.5 Å². The zero-order valence-corrected chi connectivity index (χ0v) is 14.9. The molecule has 1 atom stereocenters. The number of rotatable bonds is 4. The van der Waals surface area contributed by atoms with E-state index in [2.05, 4.69) is 0 Å². The molecule has 1 unspecified atom stereocenters. The van der Waals surface area contributed by atoms with Gasteiger partial charge in [-0.15, -0.1) is 11.3 Å². The smallest absolute Gasteiger partial charge is 0.350 e. The fourth-order valence-corrected chi connectivity index (χ4v) is 3.87. The maximum atomic E-state index is 12.4. The maximum absolute atomic E-state index is 12.4. The Labute approximate surface area is 152 Å². The molecule has 3 aromatic rings. The highest BCUT2D eigenvalue weighted by molar-refractivity contribution is 7.21. The van der Waals surface area contributed by atoms with Crippen molar-refractivity contribution in [1.82, 2.24) is 0 Å². The molecule has 24 heavy (non-hydrogen) atoms. The van der Waals surface area contributed by atoms with Crippen molar-refractivity contribution in [2.75, 3.05) is 0 Å². The van der Waals surface area contributed by atoms with Gasteiger partial charge in [0.25, 0.3) is 0 Å². The normalized spacial score (nSPS) is 12.1. The highest BCUT2D eigenvalue weighted by atomic mass is 35.5. The van der Waals surface area contributed by atoms with Crippen molar-refractivity contribution in [3.05, 3.63) is 69.0 Å². The number of fused-ring (bicyclic) bond motifs is 1. The average molecular weight is 379 g/mol. The third-order valence-corrected chi connectivity index (χ3v) is 5.37. The molecule has 2 aromatic carbocycles. The molecule has 0 saturated carbocycles. The molecule has 0 N–H and O–H groups in total. The number of thiophene rings is 1. The molecular formula is C18H12Cl2O3S. The second kappa shape index (κ2) is 6.93. The van der Waals surface area contributed by atoms with Gasteiger partial charge in [0.1, 0.15) is 4.88 Å². The lowest BCUT2D eigenvalue weighted by molar-refractivity contribution is 0.0324. The molecule has 0 bridgehead atoms. The summed E-state index contributed by atoms with van der Waals surface area (Å²) in [6.45, 7) is 1.53. The van der Waals surface area contributed by atoms with Crippen LogP contribution in [-0.4, -0.2) is 17.9 Å². The van der Waals surface area contributed by atoms with Crippen LogP contribution in [0.2, 0.25) is 10.0 Å². The second-order valence-corrected chi connectivity index (χ2v) is 7.03. The van der Waals surface area contributed by atoms with Gasteiger partial charge in [0, 0.05) is 20.7 Å². The number of benzene rings is 2. The number of ether oxygens (including phenoxy) is 1. The maximum Gasteiger partial charge on any atom is 0.350 e. The Morgan fingerprint density at radius 1 is 1.08 bits per heavy atom. The first-order chi connectivity index (χ1) is 11.5. The summed E-state index contributed by atoms with van der Waals surface area (Å²) < 4.78 is 6.19. The zero-order chi connectivity index (χ0) is 17.3. The van der Waals surface area contributed by atoms with Crippen LogP contribution in [0.4, 0.5) is 0 Å². The third-order valence-electron chi connectivity index (χ3n) is 3.48. The van der Waals surface area contributed by atoms with Gasteiger partial charge in [-0.1, -0.05) is 53.5 Å². The molecule has 1 aromatic heterocycles. The minimum absolute atomic E-state index is 0.295. The van der Waals surface area contributed by atoms with E-state index in [0.29, 0.717) is 20.5 Å². The first-order valence-corrected chi connectivity index (χ1v) is 8.72. The Morgan fingerprint density at radius 2 is 1.83 bits per heavy atom. The predicted molar refractivity (Wildman–Crippen MR) is 97.5 cm³/mol. The topological polar surface area (TPSA) is 43.4 Å². The molecule has 1 heterocycles. The highest BCUT2D eigenvalue weighted by Gasteiger charge is 2.24. The number of halogens is 2. The van der Waals surface area contributed by atoms with E-state index in [0.717, 1.165) is 10.1 Å². The van der Waals surface area contributed by atoms with Crippen LogP contribution in [-0.2, 0) is 4.74 Å². The van der Waals surface area contributed by atoms with Crippen LogP contribution in [0.15, 0.2) is 48.5 Å². The first-order valence-electron chi connectivity index (χ1n) is 7.15. The minimum atomic E-state index is -0.933. The van der Waals surface area contributed by atoms with E-state index in [-0.39, 0.29) is 5.78 Å².